The lowest BCUT2D eigenvalue weighted by molar-refractivity contribution is 0.357. The van der Waals surface area contributed by atoms with Gasteiger partial charge in [-0.1, -0.05) is 6.07 Å². The molecule has 1 saturated carbocycles. The van der Waals surface area contributed by atoms with E-state index in [0.29, 0.717) is 6.04 Å². The van der Waals surface area contributed by atoms with Crippen LogP contribution in [-0.2, 0) is 6.42 Å². The van der Waals surface area contributed by atoms with Gasteiger partial charge in [0.25, 0.3) is 0 Å². The Morgan fingerprint density at radius 1 is 1.44 bits per heavy atom. The van der Waals surface area contributed by atoms with Crippen molar-refractivity contribution in [1.29, 1.82) is 5.26 Å². The molecule has 0 bridgehead atoms. The summed E-state index contributed by atoms with van der Waals surface area (Å²) in [6, 6.07) is 8.79. The summed E-state index contributed by atoms with van der Waals surface area (Å²) < 4.78 is 5.46. The van der Waals surface area contributed by atoms with E-state index in [9.17, 15) is 0 Å². The van der Waals surface area contributed by atoms with Crippen molar-refractivity contribution in [2.24, 2.45) is 0 Å². The SMILES string of the molecule is N#CC(NC1CC1)c1ccc2c(c1)CCO2. The van der Waals surface area contributed by atoms with Crippen LogP contribution in [0.5, 0.6) is 5.75 Å². The van der Waals surface area contributed by atoms with Crippen molar-refractivity contribution >= 4 is 0 Å². The highest BCUT2D eigenvalue weighted by molar-refractivity contribution is 5.42. The average molecular weight is 214 g/mol. The number of hydrogen-bond acceptors (Lipinski definition) is 3. The van der Waals surface area contributed by atoms with Crippen LogP contribution in [0.25, 0.3) is 0 Å². The fourth-order valence-electron chi connectivity index (χ4n) is 2.08. The van der Waals surface area contributed by atoms with Gasteiger partial charge in [0.1, 0.15) is 11.8 Å². The lowest BCUT2D eigenvalue weighted by atomic mass is 10.0. The van der Waals surface area contributed by atoms with E-state index in [1.54, 1.807) is 0 Å². The molecular weight excluding hydrogens is 200 g/mol. The summed E-state index contributed by atoms with van der Waals surface area (Å²) in [5.74, 6) is 0.979. The maximum absolute atomic E-state index is 9.16. The zero-order valence-corrected chi connectivity index (χ0v) is 9.07. The van der Waals surface area contributed by atoms with E-state index in [1.807, 2.05) is 12.1 Å². The molecule has 82 valence electrons. The maximum Gasteiger partial charge on any atom is 0.122 e. The largest absolute Gasteiger partial charge is 0.493 e. The van der Waals surface area contributed by atoms with Gasteiger partial charge in [0.2, 0.25) is 0 Å². The molecule has 3 heteroatoms. The Balaban J connectivity index is 1.84. The molecule has 0 amide bonds. The number of fused-ring (bicyclic) bond motifs is 1. The predicted molar refractivity (Wildman–Crippen MR) is 60.2 cm³/mol. The fourth-order valence-corrected chi connectivity index (χ4v) is 2.08. The van der Waals surface area contributed by atoms with Crippen LogP contribution in [0, 0.1) is 11.3 Å². The first-order valence-corrected chi connectivity index (χ1v) is 5.78. The molecule has 1 aromatic carbocycles. The Morgan fingerprint density at radius 3 is 3.06 bits per heavy atom. The minimum absolute atomic E-state index is 0.168. The molecule has 3 nitrogen and oxygen atoms in total. The lowest BCUT2D eigenvalue weighted by Gasteiger charge is -2.11. The molecule has 1 atom stereocenters. The predicted octanol–water partition coefficient (Wildman–Crippen LogP) is 1.94. The molecule has 0 radical (unpaired) electrons. The van der Waals surface area contributed by atoms with E-state index in [2.05, 4.69) is 17.5 Å². The summed E-state index contributed by atoms with van der Waals surface area (Å²) >= 11 is 0. The highest BCUT2D eigenvalue weighted by Crippen LogP contribution is 2.29. The minimum Gasteiger partial charge on any atom is -0.493 e. The Morgan fingerprint density at radius 2 is 2.31 bits per heavy atom. The van der Waals surface area contributed by atoms with E-state index < -0.39 is 0 Å². The van der Waals surface area contributed by atoms with E-state index >= 15 is 0 Å². The van der Waals surface area contributed by atoms with Gasteiger partial charge in [-0.25, -0.2) is 0 Å². The number of nitrogens with one attached hydrogen (secondary N) is 1. The van der Waals surface area contributed by atoms with Gasteiger partial charge in [0.15, 0.2) is 0 Å². The number of nitrogens with zero attached hydrogens (tertiary/aromatic N) is 1. The van der Waals surface area contributed by atoms with Crippen LogP contribution < -0.4 is 10.1 Å². The highest BCUT2D eigenvalue weighted by atomic mass is 16.5. The van der Waals surface area contributed by atoms with Crippen LogP contribution in [0.3, 0.4) is 0 Å². The van der Waals surface area contributed by atoms with Crippen LogP contribution in [0.15, 0.2) is 18.2 Å². The maximum atomic E-state index is 9.16. The van der Waals surface area contributed by atoms with Gasteiger partial charge in [-0.3, -0.25) is 5.32 Å². The van der Waals surface area contributed by atoms with Gasteiger partial charge in [0, 0.05) is 12.5 Å². The number of benzene rings is 1. The van der Waals surface area contributed by atoms with Crippen molar-refractivity contribution in [3.63, 3.8) is 0 Å². The van der Waals surface area contributed by atoms with E-state index in [0.717, 1.165) is 24.3 Å². The zero-order valence-electron chi connectivity index (χ0n) is 9.07. The van der Waals surface area contributed by atoms with Gasteiger partial charge >= 0.3 is 0 Å². The topological polar surface area (TPSA) is 45.0 Å². The summed E-state index contributed by atoms with van der Waals surface area (Å²) in [6.45, 7) is 0.770. The Labute approximate surface area is 95.0 Å². The molecule has 2 aliphatic rings. The molecule has 0 saturated heterocycles. The minimum atomic E-state index is -0.168. The molecule has 1 heterocycles. The molecule has 16 heavy (non-hydrogen) atoms. The number of nitriles is 1. The first kappa shape index (κ1) is 9.68. The van der Waals surface area contributed by atoms with Crippen LogP contribution in [-0.4, -0.2) is 12.6 Å². The van der Waals surface area contributed by atoms with Gasteiger partial charge in [-0.15, -0.1) is 0 Å². The molecular formula is C13H14N2O. The van der Waals surface area contributed by atoms with Crippen molar-refractivity contribution in [2.45, 2.75) is 31.3 Å². The number of hydrogen-bond donors (Lipinski definition) is 1. The summed E-state index contributed by atoms with van der Waals surface area (Å²) in [7, 11) is 0. The van der Waals surface area contributed by atoms with Crippen molar-refractivity contribution in [2.75, 3.05) is 6.61 Å². The van der Waals surface area contributed by atoms with Crippen molar-refractivity contribution in [3.05, 3.63) is 29.3 Å². The highest BCUT2D eigenvalue weighted by Gasteiger charge is 2.26. The quantitative estimate of drug-likeness (QED) is 0.836. The third-order valence-electron chi connectivity index (χ3n) is 3.16. The first-order valence-electron chi connectivity index (χ1n) is 5.78. The van der Waals surface area contributed by atoms with E-state index in [1.165, 1.54) is 18.4 Å². The Hall–Kier alpha value is -1.53. The summed E-state index contributed by atoms with van der Waals surface area (Å²) in [5, 5.41) is 12.5. The van der Waals surface area contributed by atoms with Gasteiger partial charge in [-0.2, -0.15) is 5.26 Å². The van der Waals surface area contributed by atoms with Gasteiger partial charge < -0.3 is 4.74 Å². The van der Waals surface area contributed by atoms with Crippen molar-refractivity contribution in [3.8, 4) is 11.8 Å². The van der Waals surface area contributed by atoms with Crippen molar-refractivity contribution in [1.82, 2.24) is 5.32 Å². The molecule has 1 unspecified atom stereocenters. The summed E-state index contributed by atoms with van der Waals surface area (Å²) in [5.41, 5.74) is 2.30. The number of rotatable bonds is 3. The second-order valence-electron chi connectivity index (χ2n) is 4.47. The monoisotopic (exact) mass is 214 g/mol. The zero-order chi connectivity index (χ0) is 11.0. The third kappa shape index (κ3) is 1.77. The Kier molecular flexibility index (Phi) is 2.30. The molecule has 1 aliphatic heterocycles. The normalized spacial score (nSPS) is 19.7. The lowest BCUT2D eigenvalue weighted by Crippen LogP contribution is -2.22. The van der Waals surface area contributed by atoms with E-state index in [4.69, 9.17) is 10.00 Å². The summed E-state index contributed by atoms with van der Waals surface area (Å²) in [4.78, 5) is 0. The molecule has 1 aliphatic carbocycles. The molecule has 0 spiro atoms. The third-order valence-corrected chi connectivity index (χ3v) is 3.16. The molecule has 3 rings (SSSR count). The van der Waals surface area contributed by atoms with E-state index in [-0.39, 0.29) is 6.04 Å². The number of ether oxygens (including phenoxy) is 1. The molecule has 1 fully saturated rings. The van der Waals surface area contributed by atoms with Crippen LogP contribution >= 0.6 is 0 Å². The van der Waals surface area contributed by atoms with Gasteiger partial charge in [-0.05, 0) is 36.1 Å². The molecule has 1 aromatic rings. The second kappa shape index (κ2) is 3.80. The fraction of sp³-hybridized carbons (Fsp3) is 0.462. The molecule has 1 N–H and O–H groups in total. The van der Waals surface area contributed by atoms with Crippen LogP contribution in [0.4, 0.5) is 0 Å². The smallest absolute Gasteiger partial charge is 0.122 e. The van der Waals surface area contributed by atoms with Crippen LogP contribution in [0.2, 0.25) is 0 Å². The second-order valence-corrected chi connectivity index (χ2v) is 4.47. The van der Waals surface area contributed by atoms with Gasteiger partial charge in [0.05, 0.1) is 12.7 Å². The van der Waals surface area contributed by atoms with Crippen LogP contribution in [0.1, 0.15) is 30.0 Å². The standard InChI is InChI=1S/C13H14N2O/c14-8-12(15-11-2-3-11)9-1-4-13-10(7-9)5-6-16-13/h1,4,7,11-12,15H,2-3,5-6H2. The average Bonchev–Trinajstić information content (AvgIpc) is 3.01. The Bertz CT molecular complexity index is 446. The molecule has 0 aromatic heterocycles. The first-order chi connectivity index (χ1) is 7.86. The summed E-state index contributed by atoms with van der Waals surface area (Å²) in [6.07, 6.45) is 3.36. The van der Waals surface area contributed by atoms with Crippen molar-refractivity contribution < 1.29 is 4.74 Å².